The SMILES string of the molecule is COC(=O)c1ccc(CN2C(=O)S/C(=C/c3ccc(OC)c(O)c3)C2=O)o1. The third-order valence-corrected chi connectivity index (χ3v) is 4.64. The number of nitrogens with zero attached hydrogens (tertiary/aromatic N) is 1. The summed E-state index contributed by atoms with van der Waals surface area (Å²) in [4.78, 5) is 37.3. The van der Waals surface area contributed by atoms with Gasteiger partial charge in [0, 0.05) is 0 Å². The number of esters is 1. The Morgan fingerprint density at radius 2 is 2.04 bits per heavy atom. The van der Waals surface area contributed by atoms with E-state index in [-0.39, 0.29) is 28.7 Å². The second kappa shape index (κ2) is 7.58. The Hall–Kier alpha value is -3.20. The Bertz CT molecular complexity index is 947. The topological polar surface area (TPSA) is 106 Å². The summed E-state index contributed by atoms with van der Waals surface area (Å²) >= 11 is 0.782. The minimum Gasteiger partial charge on any atom is -0.504 e. The van der Waals surface area contributed by atoms with Crippen molar-refractivity contribution in [2.45, 2.75) is 6.54 Å². The number of methoxy groups -OCH3 is 2. The quantitative estimate of drug-likeness (QED) is 0.614. The molecule has 2 heterocycles. The summed E-state index contributed by atoms with van der Waals surface area (Å²) in [7, 11) is 2.66. The fourth-order valence-corrected chi connectivity index (χ4v) is 3.25. The number of hydrogen-bond acceptors (Lipinski definition) is 8. The van der Waals surface area contributed by atoms with Crippen LogP contribution < -0.4 is 4.74 Å². The molecule has 1 saturated heterocycles. The van der Waals surface area contributed by atoms with Crippen LogP contribution >= 0.6 is 11.8 Å². The zero-order chi connectivity index (χ0) is 19.6. The van der Waals surface area contributed by atoms with Crippen molar-refractivity contribution in [1.29, 1.82) is 0 Å². The standard InChI is InChI=1S/C18H15NO7S/c1-24-13-5-3-10(7-12(13)20)8-15-16(21)19(18(23)27-15)9-11-4-6-14(26-11)17(22)25-2/h3-8,20H,9H2,1-2H3/b15-8+. The van der Waals surface area contributed by atoms with Crippen molar-refractivity contribution in [2.75, 3.05) is 14.2 Å². The highest BCUT2D eigenvalue weighted by atomic mass is 32.2. The average molecular weight is 389 g/mol. The number of benzene rings is 1. The van der Waals surface area contributed by atoms with Gasteiger partial charge in [-0.05, 0) is 47.7 Å². The average Bonchev–Trinajstić information content (AvgIpc) is 3.22. The molecule has 0 saturated carbocycles. The summed E-state index contributed by atoms with van der Waals surface area (Å²) in [5.74, 6) is -0.633. The molecule has 1 aromatic heterocycles. The molecule has 1 N–H and O–H groups in total. The zero-order valence-corrected chi connectivity index (χ0v) is 15.2. The molecule has 0 aliphatic carbocycles. The van der Waals surface area contributed by atoms with Gasteiger partial charge in [-0.1, -0.05) is 6.07 Å². The molecule has 0 atom stereocenters. The summed E-state index contributed by atoms with van der Waals surface area (Å²) in [6, 6.07) is 7.56. The van der Waals surface area contributed by atoms with E-state index < -0.39 is 17.1 Å². The first-order valence-corrected chi connectivity index (χ1v) is 8.54. The second-order valence-electron chi connectivity index (χ2n) is 5.46. The summed E-state index contributed by atoms with van der Waals surface area (Å²) in [6.45, 7) is -0.104. The first-order valence-electron chi connectivity index (χ1n) is 7.72. The van der Waals surface area contributed by atoms with E-state index in [1.165, 1.54) is 38.5 Å². The number of hydrogen-bond donors (Lipinski definition) is 1. The third-order valence-electron chi connectivity index (χ3n) is 3.74. The number of rotatable bonds is 5. The number of aromatic hydroxyl groups is 1. The number of thioether (sulfide) groups is 1. The van der Waals surface area contributed by atoms with Gasteiger partial charge in [-0.3, -0.25) is 14.5 Å². The Kier molecular flexibility index (Phi) is 5.22. The third kappa shape index (κ3) is 3.82. The van der Waals surface area contributed by atoms with Crippen molar-refractivity contribution < 1.29 is 33.4 Å². The molecule has 140 valence electrons. The second-order valence-corrected chi connectivity index (χ2v) is 6.45. The lowest BCUT2D eigenvalue weighted by molar-refractivity contribution is -0.123. The van der Waals surface area contributed by atoms with Crippen molar-refractivity contribution in [3.63, 3.8) is 0 Å². The molecule has 1 aliphatic rings. The fourth-order valence-electron chi connectivity index (χ4n) is 2.41. The van der Waals surface area contributed by atoms with Crippen LogP contribution in [0.2, 0.25) is 0 Å². The molecule has 2 amide bonds. The van der Waals surface area contributed by atoms with Gasteiger partial charge in [0.1, 0.15) is 5.76 Å². The van der Waals surface area contributed by atoms with Gasteiger partial charge in [0.25, 0.3) is 11.1 Å². The molecule has 0 unspecified atom stereocenters. The highest BCUT2D eigenvalue weighted by Gasteiger charge is 2.35. The van der Waals surface area contributed by atoms with Crippen LogP contribution in [-0.2, 0) is 16.1 Å². The Labute approximate surface area is 158 Å². The number of imide groups is 1. The highest BCUT2D eigenvalue weighted by Crippen LogP contribution is 2.35. The van der Waals surface area contributed by atoms with Gasteiger partial charge < -0.3 is 19.0 Å². The monoisotopic (exact) mass is 389 g/mol. The van der Waals surface area contributed by atoms with Crippen molar-refractivity contribution in [1.82, 2.24) is 4.90 Å². The van der Waals surface area contributed by atoms with E-state index in [0.717, 1.165) is 16.7 Å². The molecule has 1 aliphatic heterocycles. The first-order chi connectivity index (χ1) is 12.9. The summed E-state index contributed by atoms with van der Waals surface area (Å²) in [6.07, 6.45) is 1.51. The fraction of sp³-hybridized carbons (Fsp3) is 0.167. The lowest BCUT2D eigenvalue weighted by Crippen LogP contribution is -2.27. The van der Waals surface area contributed by atoms with E-state index >= 15 is 0 Å². The molecular weight excluding hydrogens is 374 g/mol. The lowest BCUT2D eigenvalue weighted by Gasteiger charge is -2.10. The van der Waals surface area contributed by atoms with Crippen molar-refractivity contribution in [3.8, 4) is 11.5 Å². The van der Waals surface area contributed by atoms with Gasteiger partial charge in [0.2, 0.25) is 5.76 Å². The molecule has 9 heteroatoms. The number of phenols is 1. The van der Waals surface area contributed by atoms with E-state index in [2.05, 4.69) is 4.74 Å². The van der Waals surface area contributed by atoms with Crippen LogP contribution in [0.15, 0.2) is 39.7 Å². The number of phenolic OH excluding ortho intramolecular Hbond substituents is 1. The maximum Gasteiger partial charge on any atom is 0.373 e. The van der Waals surface area contributed by atoms with Crippen LogP contribution in [0.1, 0.15) is 21.9 Å². The van der Waals surface area contributed by atoms with E-state index in [0.29, 0.717) is 11.3 Å². The highest BCUT2D eigenvalue weighted by molar-refractivity contribution is 8.18. The molecule has 0 radical (unpaired) electrons. The number of furan rings is 1. The van der Waals surface area contributed by atoms with Gasteiger partial charge in [-0.2, -0.15) is 0 Å². The molecule has 8 nitrogen and oxygen atoms in total. The molecule has 1 aromatic carbocycles. The molecule has 3 rings (SSSR count). The van der Waals surface area contributed by atoms with Crippen LogP contribution in [0.4, 0.5) is 4.79 Å². The lowest BCUT2D eigenvalue weighted by atomic mass is 10.2. The van der Waals surface area contributed by atoms with Crippen molar-refractivity contribution in [3.05, 3.63) is 52.3 Å². The maximum absolute atomic E-state index is 12.5. The normalized spacial score (nSPS) is 15.5. The van der Waals surface area contributed by atoms with E-state index in [1.54, 1.807) is 12.1 Å². The number of carbonyl (C=O) groups is 3. The maximum atomic E-state index is 12.5. The Morgan fingerprint density at radius 3 is 2.70 bits per heavy atom. The Morgan fingerprint density at radius 1 is 1.26 bits per heavy atom. The molecule has 27 heavy (non-hydrogen) atoms. The molecule has 0 bridgehead atoms. The zero-order valence-electron chi connectivity index (χ0n) is 14.4. The number of ether oxygens (including phenoxy) is 2. The van der Waals surface area contributed by atoms with Gasteiger partial charge >= 0.3 is 5.97 Å². The van der Waals surface area contributed by atoms with E-state index in [4.69, 9.17) is 9.15 Å². The van der Waals surface area contributed by atoms with Crippen LogP contribution in [-0.4, -0.2) is 41.3 Å². The minimum absolute atomic E-state index is 0.0104. The van der Waals surface area contributed by atoms with Crippen LogP contribution in [0.5, 0.6) is 11.5 Å². The first kappa shape index (κ1) is 18.6. The van der Waals surface area contributed by atoms with Gasteiger partial charge in [-0.15, -0.1) is 0 Å². The van der Waals surface area contributed by atoms with Gasteiger partial charge in [0.05, 0.1) is 25.7 Å². The Balaban J connectivity index is 1.77. The molecule has 1 fully saturated rings. The van der Waals surface area contributed by atoms with E-state index in [1.807, 2.05) is 0 Å². The van der Waals surface area contributed by atoms with Gasteiger partial charge in [0.15, 0.2) is 11.5 Å². The van der Waals surface area contributed by atoms with E-state index in [9.17, 15) is 19.5 Å². The van der Waals surface area contributed by atoms with Crippen LogP contribution in [0, 0.1) is 0 Å². The molecule has 0 spiro atoms. The molecular formula is C18H15NO7S. The smallest absolute Gasteiger partial charge is 0.373 e. The van der Waals surface area contributed by atoms with Crippen molar-refractivity contribution in [2.24, 2.45) is 0 Å². The predicted molar refractivity (Wildman–Crippen MR) is 96.2 cm³/mol. The van der Waals surface area contributed by atoms with Gasteiger partial charge in [-0.25, -0.2) is 4.79 Å². The number of amides is 2. The molecule has 2 aromatic rings. The predicted octanol–water partition coefficient (Wildman–Crippen LogP) is 3.02. The van der Waals surface area contributed by atoms with Crippen LogP contribution in [0.25, 0.3) is 6.08 Å². The summed E-state index contributed by atoms with van der Waals surface area (Å²) in [5, 5.41) is 9.37. The summed E-state index contributed by atoms with van der Waals surface area (Å²) in [5.41, 5.74) is 0.546. The minimum atomic E-state index is -0.644. The van der Waals surface area contributed by atoms with Crippen molar-refractivity contribution >= 4 is 35.0 Å². The van der Waals surface area contributed by atoms with Crippen LogP contribution in [0.3, 0.4) is 0 Å². The number of carbonyl (C=O) groups excluding carboxylic acids is 3. The summed E-state index contributed by atoms with van der Waals surface area (Å²) < 4.78 is 14.8. The largest absolute Gasteiger partial charge is 0.504 e.